The van der Waals surface area contributed by atoms with Crippen molar-refractivity contribution in [2.45, 2.75) is 26.7 Å². The topological polar surface area (TPSA) is 84.9 Å². The van der Waals surface area contributed by atoms with Gasteiger partial charge in [0.25, 0.3) is 5.91 Å². The van der Waals surface area contributed by atoms with Crippen LogP contribution in [0.4, 0.5) is 5.00 Å². The van der Waals surface area contributed by atoms with Crippen molar-refractivity contribution in [2.75, 3.05) is 32.6 Å². The molecule has 0 atom stereocenters. The van der Waals surface area contributed by atoms with E-state index in [1.54, 1.807) is 46.1 Å². The molecular weight excluding hydrogens is 463 g/mol. The third-order valence-corrected chi connectivity index (χ3v) is 5.91. The van der Waals surface area contributed by atoms with Gasteiger partial charge < -0.3 is 19.7 Å². The van der Waals surface area contributed by atoms with Crippen LogP contribution in [0.2, 0.25) is 10.0 Å². The SMILES string of the molecule is CCOC(=O)c1c(NC(=O)CCCOc2ccc(Cl)cc2Cl)sc(C(=O)N(C)C)c1C. The first kappa shape index (κ1) is 25.0. The summed E-state index contributed by atoms with van der Waals surface area (Å²) in [6, 6.07) is 4.90. The van der Waals surface area contributed by atoms with Crippen molar-refractivity contribution in [1.29, 1.82) is 0 Å². The van der Waals surface area contributed by atoms with Crippen molar-refractivity contribution < 1.29 is 23.9 Å². The number of carbonyl (C=O) groups is 3. The first-order chi connectivity index (χ1) is 14.6. The number of halogens is 2. The smallest absolute Gasteiger partial charge is 0.341 e. The summed E-state index contributed by atoms with van der Waals surface area (Å²) in [6.07, 6.45) is 0.578. The van der Waals surface area contributed by atoms with Gasteiger partial charge in [-0.15, -0.1) is 11.3 Å². The van der Waals surface area contributed by atoms with Crippen molar-refractivity contribution in [1.82, 2.24) is 4.90 Å². The highest BCUT2D eigenvalue weighted by atomic mass is 35.5. The van der Waals surface area contributed by atoms with Crippen LogP contribution in [0.25, 0.3) is 0 Å². The van der Waals surface area contributed by atoms with Gasteiger partial charge in [-0.2, -0.15) is 0 Å². The van der Waals surface area contributed by atoms with Gasteiger partial charge in [0, 0.05) is 25.5 Å². The molecule has 0 fully saturated rings. The van der Waals surface area contributed by atoms with E-state index >= 15 is 0 Å². The zero-order valence-corrected chi connectivity index (χ0v) is 20.0. The van der Waals surface area contributed by atoms with Crippen molar-refractivity contribution in [3.05, 3.63) is 44.2 Å². The Morgan fingerprint density at radius 3 is 2.52 bits per heavy atom. The number of nitrogens with zero attached hydrogens (tertiary/aromatic N) is 1. The molecule has 0 aliphatic heterocycles. The summed E-state index contributed by atoms with van der Waals surface area (Å²) < 4.78 is 10.7. The summed E-state index contributed by atoms with van der Waals surface area (Å²) in [4.78, 5) is 39.1. The van der Waals surface area contributed by atoms with Gasteiger partial charge >= 0.3 is 5.97 Å². The first-order valence-corrected chi connectivity index (χ1v) is 11.1. The predicted molar refractivity (Wildman–Crippen MR) is 123 cm³/mol. The number of benzene rings is 1. The van der Waals surface area contributed by atoms with Crippen LogP contribution >= 0.6 is 34.5 Å². The molecule has 31 heavy (non-hydrogen) atoms. The van der Waals surface area contributed by atoms with Crippen LogP contribution in [0.3, 0.4) is 0 Å². The minimum atomic E-state index is -0.579. The van der Waals surface area contributed by atoms with Gasteiger partial charge in [0.1, 0.15) is 10.8 Å². The minimum absolute atomic E-state index is 0.154. The number of thiophene rings is 1. The normalized spacial score (nSPS) is 10.5. The summed E-state index contributed by atoms with van der Waals surface area (Å²) in [7, 11) is 3.24. The highest BCUT2D eigenvalue weighted by Gasteiger charge is 2.27. The average Bonchev–Trinajstić information content (AvgIpc) is 3.01. The summed E-state index contributed by atoms with van der Waals surface area (Å²) in [5, 5.41) is 3.93. The molecule has 10 heteroatoms. The second kappa shape index (κ2) is 11.4. The number of anilines is 1. The highest BCUT2D eigenvalue weighted by Crippen LogP contribution is 2.34. The summed E-state index contributed by atoms with van der Waals surface area (Å²) in [5.74, 6) is -0.648. The lowest BCUT2D eigenvalue weighted by Gasteiger charge is -2.09. The molecule has 0 unspecified atom stereocenters. The molecule has 0 spiro atoms. The van der Waals surface area contributed by atoms with E-state index in [0.717, 1.165) is 11.3 Å². The fourth-order valence-electron chi connectivity index (χ4n) is 2.65. The highest BCUT2D eigenvalue weighted by molar-refractivity contribution is 7.18. The number of hydrogen-bond donors (Lipinski definition) is 1. The predicted octanol–water partition coefficient (Wildman–Crippen LogP) is 5.04. The van der Waals surface area contributed by atoms with E-state index in [4.69, 9.17) is 32.7 Å². The number of carbonyl (C=O) groups excluding carboxylic acids is 3. The maximum atomic E-state index is 12.4. The quantitative estimate of drug-likeness (QED) is 0.396. The van der Waals surface area contributed by atoms with E-state index in [1.165, 1.54) is 4.90 Å². The Hall–Kier alpha value is -2.29. The lowest BCUT2D eigenvalue weighted by molar-refractivity contribution is -0.116. The molecule has 0 saturated heterocycles. The second-order valence-electron chi connectivity index (χ2n) is 6.76. The van der Waals surface area contributed by atoms with Gasteiger partial charge in [-0.05, 0) is 44.0 Å². The molecule has 0 aliphatic rings. The molecule has 2 rings (SSSR count). The minimum Gasteiger partial charge on any atom is -0.492 e. The molecule has 1 aromatic heterocycles. The molecule has 168 valence electrons. The molecule has 2 aromatic rings. The average molecular weight is 487 g/mol. The Kier molecular flexibility index (Phi) is 9.15. The lowest BCUT2D eigenvalue weighted by Crippen LogP contribution is -2.21. The zero-order chi connectivity index (χ0) is 23.1. The lowest BCUT2D eigenvalue weighted by atomic mass is 10.1. The largest absolute Gasteiger partial charge is 0.492 e. The molecule has 0 aliphatic carbocycles. The summed E-state index contributed by atoms with van der Waals surface area (Å²) >= 11 is 13.0. The van der Waals surface area contributed by atoms with Crippen LogP contribution in [0.1, 0.15) is 45.4 Å². The van der Waals surface area contributed by atoms with Gasteiger partial charge in [0.05, 0.1) is 28.7 Å². The van der Waals surface area contributed by atoms with E-state index in [9.17, 15) is 14.4 Å². The van der Waals surface area contributed by atoms with E-state index < -0.39 is 5.97 Å². The van der Waals surface area contributed by atoms with Crippen LogP contribution in [0.15, 0.2) is 18.2 Å². The van der Waals surface area contributed by atoms with E-state index in [-0.39, 0.29) is 37.0 Å². The number of hydrogen-bond acceptors (Lipinski definition) is 6. The number of esters is 1. The molecule has 0 radical (unpaired) electrons. The summed E-state index contributed by atoms with van der Waals surface area (Å²) in [5.41, 5.74) is 0.688. The molecule has 0 saturated carbocycles. The maximum Gasteiger partial charge on any atom is 0.341 e. The molecule has 1 heterocycles. The second-order valence-corrected chi connectivity index (χ2v) is 8.62. The Bertz CT molecular complexity index is 975. The van der Waals surface area contributed by atoms with E-state index in [0.29, 0.717) is 37.7 Å². The van der Waals surface area contributed by atoms with E-state index in [2.05, 4.69) is 5.32 Å². The van der Waals surface area contributed by atoms with Crippen LogP contribution in [-0.2, 0) is 9.53 Å². The Morgan fingerprint density at radius 2 is 1.90 bits per heavy atom. The third-order valence-electron chi connectivity index (χ3n) is 4.18. The number of nitrogens with one attached hydrogen (secondary N) is 1. The molecular formula is C21H24Cl2N2O5S. The molecule has 2 amide bonds. The van der Waals surface area contributed by atoms with Gasteiger partial charge in [0.15, 0.2) is 0 Å². The van der Waals surface area contributed by atoms with Gasteiger partial charge in [-0.1, -0.05) is 23.2 Å². The Balaban J connectivity index is 2.04. The standard InChI is InChI=1S/C21H24Cl2N2O5S/c1-5-29-21(28)17-12(2)18(20(27)25(3)4)31-19(17)24-16(26)7-6-10-30-15-9-8-13(22)11-14(15)23/h8-9,11H,5-7,10H2,1-4H3,(H,24,26). The zero-order valence-electron chi connectivity index (χ0n) is 17.7. The van der Waals surface area contributed by atoms with Crippen molar-refractivity contribution in [3.63, 3.8) is 0 Å². The van der Waals surface area contributed by atoms with Crippen molar-refractivity contribution >= 4 is 57.3 Å². The van der Waals surface area contributed by atoms with Gasteiger partial charge in [0.2, 0.25) is 5.91 Å². The number of rotatable bonds is 9. The van der Waals surface area contributed by atoms with Crippen LogP contribution < -0.4 is 10.1 Å². The fraction of sp³-hybridized carbons (Fsp3) is 0.381. The summed E-state index contributed by atoms with van der Waals surface area (Å²) in [6.45, 7) is 3.81. The van der Waals surface area contributed by atoms with Crippen molar-refractivity contribution in [2.24, 2.45) is 0 Å². The monoisotopic (exact) mass is 486 g/mol. The molecule has 0 bridgehead atoms. The van der Waals surface area contributed by atoms with Gasteiger partial charge in [-0.3, -0.25) is 9.59 Å². The van der Waals surface area contributed by atoms with Crippen molar-refractivity contribution in [3.8, 4) is 5.75 Å². The van der Waals surface area contributed by atoms with Crippen LogP contribution in [0.5, 0.6) is 5.75 Å². The first-order valence-electron chi connectivity index (χ1n) is 9.55. The Labute approximate surface area is 195 Å². The molecule has 1 N–H and O–H groups in total. The Morgan fingerprint density at radius 1 is 1.19 bits per heavy atom. The number of amides is 2. The van der Waals surface area contributed by atoms with E-state index in [1.807, 2.05) is 0 Å². The van der Waals surface area contributed by atoms with Gasteiger partial charge in [-0.25, -0.2) is 4.79 Å². The van der Waals surface area contributed by atoms with Crippen LogP contribution in [0, 0.1) is 6.92 Å². The fourth-order valence-corrected chi connectivity index (χ4v) is 4.35. The molecule has 1 aromatic carbocycles. The molecule has 7 nitrogen and oxygen atoms in total. The number of ether oxygens (including phenoxy) is 2. The van der Waals surface area contributed by atoms with Crippen LogP contribution in [-0.4, -0.2) is 50.0 Å². The maximum absolute atomic E-state index is 12.4. The third kappa shape index (κ3) is 6.59.